The van der Waals surface area contributed by atoms with E-state index in [1.54, 1.807) is 0 Å². The molecule has 0 N–H and O–H groups in total. The maximum absolute atomic E-state index is 11.9. The number of ether oxygens (including phenoxy) is 2. The molecule has 0 atom stereocenters. The van der Waals surface area contributed by atoms with Gasteiger partial charge in [-0.15, -0.1) is 0 Å². The van der Waals surface area contributed by atoms with E-state index >= 15 is 0 Å². The molecule has 5 nitrogen and oxygen atoms in total. The number of carbonyl (C=O) groups excluding carboxylic acids is 2. The summed E-state index contributed by atoms with van der Waals surface area (Å²) in [6.45, 7) is 15.3. The summed E-state index contributed by atoms with van der Waals surface area (Å²) in [4.78, 5) is 25.7. The van der Waals surface area contributed by atoms with E-state index in [9.17, 15) is 9.59 Å². The predicted molar refractivity (Wildman–Crippen MR) is 145 cm³/mol. The van der Waals surface area contributed by atoms with Gasteiger partial charge in [-0.3, -0.25) is 9.59 Å². The molecule has 34 heavy (non-hydrogen) atoms. The molecule has 0 aliphatic rings. The van der Waals surface area contributed by atoms with Gasteiger partial charge in [0.1, 0.15) is 0 Å². The van der Waals surface area contributed by atoms with E-state index in [1.807, 2.05) is 25.8 Å². The van der Waals surface area contributed by atoms with Crippen LogP contribution < -0.4 is 0 Å². The van der Waals surface area contributed by atoms with Crippen LogP contribution in [0, 0.1) is 11.8 Å². The summed E-state index contributed by atoms with van der Waals surface area (Å²) in [5, 5.41) is 0. The van der Waals surface area contributed by atoms with Gasteiger partial charge in [0.2, 0.25) is 0 Å². The van der Waals surface area contributed by atoms with Gasteiger partial charge < -0.3 is 14.4 Å². The van der Waals surface area contributed by atoms with Gasteiger partial charge in [-0.1, -0.05) is 106 Å². The molecule has 0 radical (unpaired) electrons. The van der Waals surface area contributed by atoms with Crippen LogP contribution in [0.3, 0.4) is 0 Å². The third kappa shape index (κ3) is 28.9. The quantitative estimate of drug-likeness (QED) is 0.116. The Morgan fingerprint density at radius 1 is 0.588 bits per heavy atom. The molecule has 0 fully saturated rings. The van der Waals surface area contributed by atoms with Crippen molar-refractivity contribution in [3.05, 3.63) is 0 Å². The Balaban J connectivity index is 0. The van der Waals surface area contributed by atoms with Crippen molar-refractivity contribution in [3.8, 4) is 0 Å². The standard InChI is InChI=1S/C27H53NO4.C2H6/c1-24(2)16-12-8-6-10-14-22-31-26(29)18-20-28(5)21-19-27(30)32-23-15-11-7-9-13-17-25(3)4;1-2/h24-25H,6-23H2,1-5H3;1-2H3. The number of unbranched alkanes of at least 4 members (excludes halogenated alkanes) is 8. The Bertz CT molecular complexity index is 411. The number of rotatable bonds is 22. The van der Waals surface area contributed by atoms with Crippen molar-refractivity contribution in [3.63, 3.8) is 0 Å². The Kier molecular flexibility index (Phi) is 27.3. The van der Waals surface area contributed by atoms with Gasteiger partial charge in [-0.2, -0.15) is 0 Å². The molecular weight excluding hydrogens is 426 g/mol. The van der Waals surface area contributed by atoms with Crippen molar-refractivity contribution in [2.45, 2.75) is 131 Å². The predicted octanol–water partition coefficient (Wildman–Crippen LogP) is 7.80. The lowest BCUT2D eigenvalue weighted by atomic mass is 10.0. The summed E-state index contributed by atoms with van der Waals surface area (Å²) in [7, 11) is 1.93. The van der Waals surface area contributed by atoms with E-state index < -0.39 is 0 Å². The van der Waals surface area contributed by atoms with Crippen LogP contribution in [0.2, 0.25) is 0 Å². The minimum Gasteiger partial charge on any atom is -0.466 e. The summed E-state index contributed by atoms with van der Waals surface area (Å²) >= 11 is 0. The molecule has 0 unspecified atom stereocenters. The fraction of sp³-hybridized carbons (Fsp3) is 0.931. The van der Waals surface area contributed by atoms with E-state index in [4.69, 9.17) is 9.47 Å². The molecule has 0 bridgehead atoms. The van der Waals surface area contributed by atoms with Gasteiger partial charge in [-0.05, 0) is 31.7 Å². The number of hydrogen-bond acceptors (Lipinski definition) is 5. The zero-order valence-corrected chi connectivity index (χ0v) is 24.0. The molecule has 0 aromatic heterocycles. The molecule has 0 aliphatic heterocycles. The van der Waals surface area contributed by atoms with Crippen LogP contribution in [0.4, 0.5) is 0 Å². The molecular formula is C29H59NO4. The van der Waals surface area contributed by atoms with Crippen LogP contribution >= 0.6 is 0 Å². The molecule has 204 valence electrons. The molecule has 0 saturated carbocycles. The fourth-order valence-corrected chi connectivity index (χ4v) is 3.56. The van der Waals surface area contributed by atoms with Crippen molar-refractivity contribution in [1.82, 2.24) is 4.90 Å². The number of esters is 2. The van der Waals surface area contributed by atoms with E-state index in [0.29, 0.717) is 39.1 Å². The van der Waals surface area contributed by atoms with Crippen molar-refractivity contribution in [2.24, 2.45) is 11.8 Å². The molecule has 0 aromatic rings. The third-order valence-corrected chi connectivity index (χ3v) is 5.77. The van der Waals surface area contributed by atoms with Crippen LogP contribution in [0.5, 0.6) is 0 Å². The van der Waals surface area contributed by atoms with E-state index in [1.165, 1.54) is 51.4 Å². The third-order valence-electron chi connectivity index (χ3n) is 5.77. The summed E-state index contributed by atoms with van der Waals surface area (Å²) in [5.41, 5.74) is 0. The summed E-state index contributed by atoms with van der Waals surface area (Å²) < 4.78 is 10.6. The summed E-state index contributed by atoms with van der Waals surface area (Å²) in [6.07, 6.45) is 15.1. The van der Waals surface area contributed by atoms with Crippen molar-refractivity contribution >= 4 is 11.9 Å². The lowest BCUT2D eigenvalue weighted by molar-refractivity contribution is -0.144. The minimum absolute atomic E-state index is 0.146. The minimum atomic E-state index is -0.146. The second-order valence-electron chi connectivity index (χ2n) is 10.1. The number of carbonyl (C=O) groups is 2. The lowest BCUT2D eigenvalue weighted by Crippen LogP contribution is -2.26. The van der Waals surface area contributed by atoms with E-state index in [-0.39, 0.29) is 11.9 Å². The van der Waals surface area contributed by atoms with Gasteiger partial charge >= 0.3 is 11.9 Å². The fourth-order valence-electron chi connectivity index (χ4n) is 3.56. The zero-order chi connectivity index (χ0) is 26.0. The average Bonchev–Trinajstić information content (AvgIpc) is 2.80. The van der Waals surface area contributed by atoms with E-state index in [0.717, 1.165) is 37.5 Å². The normalized spacial score (nSPS) is 11.0. The summed E-state index contributed by atoms with van der Waals surface area (Å²) in [6, 6.07) is 0. The van der Waals surface area contributed by atoms with Gasteiger partial charge in [0.25, 0.3) is 0 Å². The Morgan fingerprint density at radius 3 is 1.26 bits per heavy atom. The second-order valence-corrected chi connectivity index (χ2v) is 10.1. The molecule has 0 aliphatic carbocycles. The molecule has 0 saturated heterocycles. The highest BCUT2D eigenvalue weighted by molar-refractivity contribution is 5.70. The van der Waals surface area contributed by atoms with Crippen molar-refractivity contribution in [2.75, 3.05) is 33.4 Å². The first-order chi connectivity index (χ1) is 16.3. The van der Waals surface area contributed by atoms with Crippen LogP contribution in [0.15, 0.2) is 0 Å². The first-order valence-electron chi connectivity index (χ1n) is 14.3. The highest BCUT2D eigenvalue weighted by atomic mass is 16.5. The second kappa shape index (κ2) is 26.5. The number of hydrogen-bond donors (Lipinski definition) is 0. The van der Waals surface area contributed by atoms with Crippen LogP contribution in [0.1, 0.15) is 131 Å². The van der Waals surface area contributed by atoms with Crippen LogP contribution in [-0.2, 0) is 19.1 Å². The first-order valence-corrected chi connectivity index (χ1v) is 14.3. The molecule has 0 heterocycles. The first kappa shape index (κ1) is 35.1. The highest BCUT2D eigenvalue weighted by Crippen LogP contribution is 2.11. The molecule has 0 rings (SSSR count). The molecule has 0 aromatic carbocycles. The molecule has 0 spiro atoms. The Labute approximate surface area is 212 Å². The topological polar surface area (TPSA) is 55.8 Å². The van der Waals surface area contributed by atoms with Crippen molar-refractivity contribution < 1.29 is 19.1 Å². The largest absolute Gasteiger partial charge is 0.466 e. The molecule has 5 heteroatoms. The van der Waals surface area contributed by atoms with Gasteiger partial charge in [0.05, 0.1) is 26.1 Å². The monoisotopic (exact) mass is 485 g/mol. The lowest BCUT2D eigenvalue weighted by Gasteiger charge is -2.15. The van der Waals surface area contributed by atoms with Crippen LogP contribution in [0.25, 0.3) is 0 Å². The smallest absolute Gasteiger partial charge is 0.307 e. The SMILES string of the molecule is CC.CC(C)CCCCCCCOC(=O)CCN(C)CCC(=O)OCCCCCCCC(C)C. The van der Waals surface area contributed by atoms with Crippen molar-refractivity contribution in [1.29, 1.82) is 0 Å². The zero-order valence-electron chi connectivity index (χ0n) is 24.0. The maximum atomic E-state index is 11.9. The van der Waals surface area contributed by atoms with Crippen LogP contribution in [-0.4, -0.2) is 50.2 Å². The Hall–Kier alpha value is -1.10. The number of nitrogens with zero attached hydrogens (tertiary/aromatic N) is 1. The maximum Gasteiger partial charge on any atom is 0.307 e. The summed E-state index contributed by atoms with van der Waals surface area (Å²) in [5.74, 6) is 1.29. The van der Waals surface area contributed by atoms with Gasteiger partial charge in [0.15, 0.2) is 0 Å². The highest BCUT2D eigenvalue weighted by Gasteiger charge is 2.09. The molecule has 0 amide bonds. The Morgan fingerprint density at radius 2 is 0.912 bits per heavy atom. The van der Waals surface area contributed by atoms with Gasteiger partial charge in [-0.25, -0.2) is 0 Å². The van der Waals surface area contributed by atoms with E-state index in [2.05, 4.69) is 27.7 Å². The van der Waals surface area contributed by atoms with Gasteiger partial charge in [0, 0.05) is 13.1 Å². The average molecular weight is 486 g/mol.